The van der Waals surface area contributed by atoms with Crippen LogP contribution in [0.1, 0.15) is 13.3 Å². The Morgan fingerprint density at radius 3 is 2.71 bits per heavy atom. The van der Waals surface area contributed by atoms with Crippen molar-refractivity contribution in [2.75, 3.05) is 39.1 Å². The lowest BCUT2D eigenvalue weighted by atomic mass is 10.1. The Hall–Kier alpha value is -3.13. The van der Waals surface area contributed by atoms with Crippen LogP contribution in [0.4, 0.5) is 11.4 Å². The Kier molecular flexibility index (Phi) is 5.79. The van der Waals surface area contributed by atoms with Gasteiger partial charge >= 0.3 is 0 Å². The van der Waals surface area contributed by atoms with E-state index in [-0.39, 0.29) is 16.6 Å². The van der Waals surface area contributed by atoms with E-state index in [1.165, 1.54) is 6.07 Å². The van der Waals surface area contributed by atoms with Crippen molar-refractivity contribution < 1.29 is 9.66 Å². The summed E-state index contributed by atoms with van der Waals surface area (Å²) < 4.78 is 5.49. The molecule has 0 aliphatic carbocycles. The number of benzene rings is 2. The van der Waals surface area contributed by atoms with Gasteiger partial charge in [0.05, 0.1) is 22.4 Å². The van der Waals surface area contributed by atoms with Crippen LogP contribution in [0.5, 0.6) is 5.75 Å². The summed E-state index contributed by atoms with van der Waals surface area (Å²) in [6.45, 7) is 3.91. The van der Waals surface area contributed by atoms with Crippen molar-refractivity contribution in [3.63, 3.8) is 0 Å². The van der Waals surface area contributed by atoms with Crippen molar-refractivity contribution in [2.24, 2.45) is 0 Å². The molecule has 0 fully saturated rings. The topological polar surface area (TPSA) is 100 Å². The molecule has 3 rings (SSSR count). The second kappa shape index (κ2) is 8.26. The Morgan fingerprint density at radius 1 is 1.25 bits per heavy atom. The first-order valence-electron chi connectivity index (χ1n) is 9.21. The minimum atomic E-state index is -0.478. The predicted octanol–water partition coefficient (Wildman–Crippen LogP) is 3.35. The molecule has 0 aliphatic rings. The summed E-state index contributed by atoms with van der Waals surface area (Å²) in [5.41, 5.74) is 0.966. The molecule has 8 heteroatoms. The van der Waals surface area contributed by atoms with Crippen LogP contribution in [-0.4, -0.2) is 48.6 Å². The van der Waals surface area contributed by atoms with Crippen LogP contribution in [0.25, 0.3) is 21.8 Å². The molecule has 0 radical (unpaired) electrons. The molecule has 2 N–H and O–H groups in total. The van der Waals surface area contributed by atoms with Crippen LogP contribution < -0.4 is 15.5 Å². The van der Waals surface area contributed by atoms with Crippen molar-refractivity contribution in [3.8, 4) is 5.75 Å². The van der Waals surface area contributed by atoms with E-state index in [9.17, 15) is 14.9 Å². The molecule has 28 heavy (non-hydrogen) atoms. The van der Waals surface area contributed by atoms with Crippen LogP contribution >= 0.6 is 0 Å². The number of rotatable bonds is 8. The number of ether oxygens (including phenoxy) is 1. The molecule has 0 unspecified atom stereocenters. The van der Waals surface area contributed by atoms with E-state index in [0.29, 0.717) is 40.9 Å². The zero-order valence-electron chi connectivity index (χ0n) is 16.2. The third-order valence-corrected chi connectivity index (χ3v) is 4.51. The van der Waals surface area contributed by atoms with E-state index in [4.69, 9.17) is 4.74 Å². The molecule has 0 atom stereocenters. The fourth-order valence-corrected chi connectivity index (χ4v) is 3.22. The number of aromatic nitrogens is 1. The molecule has 0 saturated heterocycles. The normalized spacial score (nSPS) is 11.3. The molecule has 8 nitrogen and oxygen atoms in total. The Morgan fingerprint density at radius 2 is 2.04 bits per heavy atom. The van der Waals surface area contributed by atoms with Crippen LogP contribution in [0, 0.1) is 10.1 Å². The average molecular weight is 384 g/mol. The molecule has 0 bridgehead atoms. The van der Waals surface area contributed by atoms with E-state index in [1.807, 2.05) is 21.0 Å². The number of nitro benzene ring substituents is 1. The van der Waals surface area contributed by atoms with Gasteiger partial charge in [-0.3, -0.25) is 14.9 Å². The highest BCUT2D eigenvalue weighted by Crippen LogP contribution is 2.30. The number of nitro groups is 1. The molecule has 0 aliphatic heterocycles. The fourth-order valence-electron chi connectivity index (χ4n) is 3.22. The zero-order valence-corrected chi connectivity index (χ0v) is 16.2. The van der Waals surface area contributed by atoms with Crippen LogP contribution in [0.15, 0.2) is 35.1 Å². The van der Waals surface area contributed by atoms with Gasteiger partial charge in [0.15, 0.2) is 5.43 Å². The summed E-state index contributed by atoms with van der Waals surface area (Å²) in [6, 6.07) is 8.15. The standard InChI is InChI=1S/C20H24N4O4/c1-4-28-13-6-7-15-14(12-13)20(25)18-16(21-10-5-11-23(2)3)8-9-17(24(26)27)19(18)22-15/h6-9,12,21H,4-5,10-11H2,1-3H3,(H,22,25). The number of hydrogen-bond donors (Lipinski definition) is 2. The van der Waals surface area contributed by atoms with Crippen LogP contribution in [0.2, 0.25) is 0 Å². The van der Waals surface area contributed by atoms with Gasteiger partial charge in [-0.05, 0) is 58.3 Å². The number of H-pyrrole nitrogens is 1. The van der Waals surface area contributed by atoms with Crippen molar-refractivity contribution in [2.45, 2.75) is 13.3 Å². The summed E-state index contributed by atoms with van der Waals surface area (Å²) in [4.78, 5) is 29.4. The molecule has 0 amide bonds. The zero-order chi connectivity index (χ0) is 20.3. The number of anilines is 1. The van der Waals surface area contributed by atoms with Gasteiger partial charge in [-0.1, -0.05) is 0 Å². The van der Waals surface area contributed by atoms with E-state index in [2.05, 4.69) is 15.2 Å². The largest absolute Gasteiger partial charge is 0.494 e. The van der Waals surface area contributed by atoms with Gasteiger partial charge in [0.1, 0.15) is 11.3 Å². The maximum atomic E-state index is 13.2. The summed E-state index contributed by atoms with van der Waals surface area (Å²) in [6.07, 6.45) is 0.880. The molecule has 1 aromatic heterocycles. The molecular formula is C20H24N4O4. The minimum Gasteiger partial charge on any atom is -0.494 e. The van der Waals surface area contributed by atoms with Gasteiger partial charge in [-0.2, -0.15) is 0 Å². The first-order chi connectivity index (χ1) is 13.4. The highest BCUT2D eigenvalue weighted by molar-refractivity contribution is 6.03. The molecular weight excluding hydrogens is 360 g/mol. The molecule has 148 valence electrons. The van der Waals surface area contributed by atoms with E-state index in [1.54, 1.807) is 24.3 Å². The highest BCUT2D eigenvalue weighted by atomic mass is 16.6. The number of nitrogens with zero attached hydrogens (tertiary/aromatic N) is 2. The number of nitrogens with one attached hydrogen (secondary N) is 2. The maximum absolute atomic E-state index is 13.2. The summed E-state index contributed by atoms with van der Waals surface area (Å²) in [5, 5.41) is 15.5. The molecule has 0 spiro atoms. The second-order valence-corrected chi connectivity index (χ2v) is 6.82. The minimum absolute atomic E-state index is 0.123. The van der Waals surface area contributed by atoms with E-state index >= 15 is 0 Å². The van der Waals surface area contributed by atoms with Crippen LogP contribution in [-0.2, 0) is 0 Å². The molecule has 1 heterocycles. The van der Waals surface area contributed by atoms with E-state index < -0.39 is 4.92 Å². The third-order valence-electron chi connectivity index (χ3n) is 4.51. The van der Waals surface area contributed by atoms with Crippen molar-refractivity contribution in [1.29, 1.82) is 0 Å². The van der Waals surface area contributed by atoms with Crippen molar-refractivity contribution in [3.05, 3.63) is 50.7 Å². The second-order valence-electron chi connectivity index (χ2n) is 6.82. The Labute approximate surface area is 162 Å². The average Bonchev–Trinajstić information content (AvgIpc) is 2.65. The summed E-state index contributed by atoms with van der Waals surface area (Å²) in [7, 11) is 3.99. The van der Waals surface area contributed by atoms with Crippen molar-refractivity contribution >= 4 is 33.2 Å². The lowest BCUT2D eigenvalue weighted by Crippen LogP contribution is -2.17. The van der Waals surface area contributed by atoms with Gasteiger partial charge < -0.3 is 19.9 Å². The molecule has 0 saturated carbocycles. The van der Waals surface area contributed by atoms with E-state index in [0.717, 1.165) is 13.0 Å². The van der Waals surface area contributed by atoms with Gasteiger partial charge in [0, 0.05) is 23.7 Å². The van der Waals surface area contributed by atoms with Gasteiger partial charge in [-0.15, -0.1) is 0 Å². The summed E-state index contributed by atoms with van der Waals surface area (Å²) in [5.74, 6) is 0.589. The SMILES string of the molecule is CCOc1ccc2[nH]c3c([N+](=O)[O-])ccc(NCCCN(C)C)c3c(=O)c2c1. The first-order valence-corrected chi connectivity index (χ1v) is 9.21. The highest BCUT2D eigenvalue weighted by Gasteiger charge is 2.19. The lowest BCUT2D eigenvalue weighted by Gasteiger charge is -2.13. The number of pyridine rings is 1. The summed E-state index contributed by atoms with van der Waals surface area (Å²) >= 11 is 0. The first kappa shape index (κ1) is 19.6. The Bertz CT molecular complexity index is 1080. The predicted molar refractivity (Wildman–Crippen MR) is 112 cm³/mol. The van der Waals surface area contributed by atoms with Crippen LogP contribution in [0.3, 0.4) is 0 Å². The maximum Gasteiger partial charge on any atom is 0.293 e. The van der Waals surface area contributed by atoms with Gasteiger partial charge in [0.25, 0.3) is 5.69 Å². The smallest absolute Gasteiger partial charge is 0.293 e. The lowest BCUT2D eigenvalue weighted by molar-refractivity contribution is -0.383. The van der Waals surface area contributed by atoms with Crippen molar-refractivity contribution in [1.82, 2.24) is 9.88 Å². The third kappa shape index (κ3) is 3.91. The monoisotopic (exact) mass is 384 g/mol. The number of hydrogen-bond acceptors (Lipinski definition) is 6. The number of non-ortho nitro benzene ring substituents is 1. The molecule has 3 aromatic rings. The fraction of sp³-hybridized carbons (Fsp3) is 0.350. The quantitative estimate of drug-likeness (QED) is 0.267. The molecule has 2 aromatic carbocycles. The number of fused-ring (bicyclic) bond motifs is 2. The van der Waals surface area contributed by atoms with Gasteiger partial charge in [0.2, 0.25) is 0 Å². The number of aromatic amines is 1. The van der Waals surface area contributed by atoms with Gasteiger partial charge in [-0.25, -0.2) is 0 Å². The Balaban J connectivity index is 2.16.